The monoisotopic (exact) mass is 453 g/mol. The second-order valence-corrected chi connectivity index (χ2v) is 11.2. The van der Waals surface area contributed by atoms with Gasteiger partial charge in [-0.1, -0.05) is 50.4 Å². The molecule has 2 N–H and O–H groups in total. The predicted molar refractivity (Wildman–Crippen MR) is 123 cm³/mol. The quantitative estimate of drug-likeness (QED) is 0.442. The third-order valence-corrected chi connectivity index (χ3v) is 8.55. The molecule has 2 aliphatic carbocycles. The first-order chi connectivity index (χ1) is 14.5. The van der Waals surface area contributed by atoms with Gasteiger partial charge in [-0.3, -0.25) is 10.1 Å². The lowest BCUT2D eigenvalue weighted by Crippen LogP contribution is -2.45. The molecule has 0 saturated heterocycles. The van der Waals surface area contributed by atoms with Gasteiger partial charge in [0.05, 0.1) is 16.2 Å². The fourth-order valence-electron chi connectivity index (χ4n) is 4.71. The number of nitrogens with zero attached hydrogens (tertiary/aromatic N) is 2. The van der Waals surface area contributed by atoms with E-state index in [4.69, 9.17) is 5.11 Å². The Balaban J connectivity index is 1.55. The van der Waals surface area contributed by atoms with Crippen LogP contribution in [0.2, 0.25) is 0 Å². The van der Waals surface area contributed by atoms with Gasteiger partial charge in [-0.15, -0.1) is 11.8 Å². The van der Waals surface area contributed by atoms with Crippen LogP contribution >= 0.6 is 23.1 Å². The van der Waals surface area contributed by atoms with E-state index in [1.165, 1.54) is 74.5 Å². The van der Waals surface area contributed by atoms with Crippen LogP contribution in [0.3, 0.4) is 0 Å². The van der Waals surface area contributed by atoms with Crippen molar-refractivity contribution in [2.75, 3.05) is 17.6 Å². The molecule has 0 atom stereocenters. The number of amides is 2. The molecule has 0 aromatic carbocycles. The summed E-state index contributed by atoms with van der Waals surface area (Å²) in [6.07, 6.45) is 15.3. The molecule has 2 aliphatic rings. The lowest BCUT2D eigenvalue weighted by atomic mass is 9.85. The second-order valence-electron chi connectivity index (χ2n) is 8.85. The third kappa shape index (κ3) is 7.45. The van der Waals surface area contributed by atoms with Gasteiger partial charge in [0.1, 0.15) is 0 Å². The van der Waals surface area contributed by atoms with Gasteiger partial charge in [0.15, 0.2) is 5.13 Å². The summed E-state index contributed by atoms with van der Waals surface area (Å²) < 4.78 is 0.808. The number of hydrogen-bond donors (Lipinski definition) is 2. The lowest BCUT2D eigenvalue weighted by Gasteiger charge is -2.36. The number of carboxylic acids is 1. The van der Waals surface area contributed by atoms with Crippen molar-refractivity contribution in [1.82, 2.24) is 9.88 Å². The Hall–Kier alpha value is -1.28. The minimum Gasteiger partial charge on any atom is -0.481 e. The zero-order chi connectivity index (χ0) is 21.3. The number of urea groups is 1. The van der Waals surface area contributed by atoms with Gasteiger partial charge in [0.2, 0.25) is 0 Å². The summed E-state index contributed by atoms with van der Waals surface area (Å²) in [6, 6.07) is 0.260. The first kappa shape index (κ1) is 23.4. The van der Waals surface area contributed by atoms with Gasteiger partial charge in [0.25, 0.3) is 0 Å². The summed E-state index contributed by atoms with van der Waals surface area (Å²) in [7, 11) is 0. The van der Waals surface area contributed by atoms with Crippen LogP contribution < -0.4 is 5.32 Å². The minimum absolute atomic E-state index is 0.00311. The molecule has 6 nitrogen and oxygen atoms in total. The van der Waals surface area contributed by atoms with Crippen LogP contribution in [0.4, 0.5) is 9.93 Å². The van der Waals surface area contributed by atoms with Gasteiger partial charge in [0, 0.05) is 12.6 Å². The van der Waals surface area contributed by atoms with E-state index in [0.29, 0.717) is 11.2 Å². The van der Waals surface area contributed by atoms with Crippen molar-refractivity contribution in [1.29, 1.82) is 0 Å². The number of thiazole rings is 1. The highest BCUT2D eigenvalue weighted by molar-refractivity contribution is 8.01. The molecule has 1 aromatic rings. The van der Waals surface area contributed by atoms with Gasteiger partial charge in [-0.25, -0.2) is 9.78 Å². The Morgan fingerprint density at radius 3 is 2.63 bits per heavy atom. The summed E-state index contributed by atoms with van der Waals surface area (Å²) in [6.45, 7) is 3.11. The Bertz CT molecular complexity index is 683. The Morgan fingerprint density at radius 2 is 1.93 bits per heavy atom. The largest absolute Gasteiger partial charge is 0.481 e. The summed E-state index contributed by atoms with van der Waals surface area (Å²) in [4.78, 5) is 30.2. The smallest absolute Gasteiger partial charge is 0.323 e. The molecule has 3 rings (SSSR count). The summed E-state index contributed by atoms with van der Waals surface area (Å²) in [5, 5.41) is 12.4. The minimum atomic E-state index is -0.852. The third-order valence-electron chi connectivity index (χ3n) is 6.46. The van der Waals surface area contributed by atoms with Crippen LogP contribution in [-0.4, -0.2) is 45.3 Å². The normalized spacial score (nSPS) is 22.6. The van der Waals surface area contributed by atoms with Crippen LogP contribution in [-0.2, 0) is 4.79 Å². The van der Waals surface area contributed by atoms with Crippen molar-refractivity contribution in [2.45, 2.75) is 87.8 Å². The lowest BCUT2D eigenvalue weighted by molar-refractivity contribution is -0.133. The van der Waals surface area contributed by atoms with E-state index < -0.39 is 5.97 Å². The molecule has 0 aliphatic heterocycles. The average Bonchev–Trinajstić information content (AvgIpc) is 3.18. The number of carbonyl (C=O) groups is 2. The van der Waals surface area contributed by atoms with Gasteiger partial charge >= 0.3 is 12.0 Å². The molecule has 1 aromatic heterocycles. The fourth-order valence-corrected chi connectivity index (χ4v) is 6.29. The molecule has 30 heavy (non-hydrogen) atoms. The molecule has 8 heteroatoms. The molecule has 0 unspecified atom stereocenters. The van der Waals surface area contributed by atoms with Crippen molar-refractivity contribution >= 4 is 40.2 Å². The van der Waals surface area contributed by atoms with Crippen LogP contribution in [0.1, 0.15) is 77.6 Å². The zero-order valence-corrected chi connectivity index (χ0v) is 19.6. The number of thioether (sulfide) groups is 1. The first-order valence-electron chi connectivity index (χ1n) is 11.4. The standard InChI is InChI=1S/C22H35N3O3S2/c1-16-9-11-18(12-10-16)25(13-5-8-17-6-3-2-4-7-17)22(28)24-21-23-14-20(30-21)29-15-19(26)27/h14,16-18H,2-13,15H2,1H3,(H,26,27)(H,23,24,28)/t16-,18-. The van der Waals surface area contributed by atoms with Crippen molar-refractivity contribution < 1.29 is 14.7 Å². The molecule has 0 spiro atoms. The average molecular weight is 454 g/mol. The number of carboxylic acid groups (broad SMARTS) is 1. The topological polar surface area (TPSA) is 82.5 Å². The van der Waals surface area contributed by atoms with E-state index in [1.807, 2.05) is 0 Å². The fraction of sp³-hybridized carbons (Fsp3) is 0.773. The molecular weight excluding hydrogens is 418 g/mol. The van der Waals surface area contributed by atoms with Gasteiger partial charge in [-0.2, -0.15) is 0 Å². The molecule has 0 bridgehead atoms. The van der Waals surface area contributed by atoms with E-state index in [-0.39, 0.29) is 11.8 Å². The zero-order valence-electron chi connectivity index (χ0n) is 18.0. The maximum atomic E-state index is 13.1. The molecule has 2 fully saturated rings. The maximum Gasteiger partial charge on any atom is 0.323 e. The van der Waals surface area contributed by atoms with Crippen LogP contribution in [0.15, 0.2) is 10.4 Å². The molecule has 168 valence electrons. The van der Waals surface area contributed by atoms with E-state index in [0.717, 1.165) is 41.9 Å². The number of carbonyl (C=O) groups excluding carboxylic acids is 1. The number of aromatic nitrogens is 1. The molecular formula is C22H35N3O3S2. The van der Waals surface area contributed by atoms with Crippen molar-refractivity contribution in [3.05, 3.63) is 6.20 Å². The summed E-state index contributed by atoms with van der Waals surface area (Å²) in [5.41, 5.74) is 0. The maximum absolute atomic E-state index is 13.1. The molecule has 2 amide bonds. The van der Waals surface area contributed by atoms with Crippen molar-refractivity contribution in [3.8, 4) is 0 Å². The van der Waals surface area contributed by atoms with E-state index in [1.54, 1.807) is 6.20 Å². The summed E-state index contributed by atoms with van der Waals surface area (Å²) in [5.74, 6) is 0.738. The molecule has 0 radical (unpaired) electrons. The highest BCUT2D eigenvalue weighted by atomic mass is 32.2. The van der Waals surface area contributed by atoms with E-state index in [2.05, 4.69) is 22.1 Å². The second kappa shape index (κ2) is 11.9. The van der Waals surface area contributed by atoms with Crippen LogP contribution in [0, 0.1) is 11.8 Å². The predicted octanol–water partition coefficient (Wildman–Crippen LogP) is 6.09. The number of nitrogens with one attached hydrogen (secondary N) is 1. The van der Waals surface area contributed by atoms with Crippen molar-refractivity contribution in [3.63, 3.8) is 0 Å². The van der Waals surface area contributed by atoms with E-state index in [9.17, 15) is 9.59 Å². The molecule has 1 heterocycles. The van der Waals surface area contributed by atoms with Crippen LogP contribution in [0.5, 0.6) is 0 Å². The number of rotatable bonds is 9. The van der Waals surface area contributed by atoms with Gasteiger partial charge in [-0.05, 0) is 50.4 Å². The highest BCUT2D eigenvalue weighted by Crippen LogP contribution is 2.31. The van der Waals surface area contributed by atoms with Gasteiger partial charge < -0.3 is 10.0 Å². The Kier molecular flexibility index (Phi) is 9.30. The van der Waals surface area contributed by atoms with Crippen molar-refractivity contribution in [2.24, 2.45) is 11.8 Å². The van der Waals surface area contributed by atoms with E-state index >= 15 is 0 Å². The first-order valence-corrected chi connectivity index (χ1v) is 13.2. The number of aliphatic carboxylic acids is 1. The number of anilines is 1. The number of hydrogen-bond acceptors (Lipinski definition) is 5. The Morgan fingerprint density at radius 1 is 1.20 bits per heavy atom. The Labute approximate surface area is 188 Å². The molecule has 2 saturated carbocycles. The summed E-state index contributed by atoms with van der Waals surface area (Å²) >= 11 is 2.58. The van der Waals surface area contributed by atoms with Crippen LogP contribution in [0.25, 0.3) is 0 Å². The highest BCUT2D eigenvalue weighted by Gasteiger charge is 2.28. The SMILES string of the molecule is C[C@H]1CC[C@H](N(CCCC2CCCCC2)C(=O)Nc2ncc(SCC(=O)O)s2)CC1.